The number of amides is 2. The van der Waals surface area contributed by atoms with Crippen LogP contribution in [0.15, 0.2) is 46.9 Å². The Morgan fingerprint density at radius 3 is 2.68 bits per heavy atom. The van der Waals surface area contributed by atoms with E-state index in [0.29, 0.717) is 23.7 Å². The summed E-state index contributed by atoms with van der Waals surface area (Å²) in [5.41, 5.74) is 1.43. The summed E-state index contributed by atoms with van der Waals surface area (Å²) in [5, 5.41) is 2.85. The highest BCUT2D eigenvalue weighted by molar-refractivity contribution is 9.10. The number of anilines is 2. The molecule has 1 fully saturated rings. The molecule has 4 rings (SSSR count). The summed E-state index contributed by atoms with van der Waals surface area (Å²) < 4.78 is 11.5. The quantitative estimate of drug-likeness (QED) is 0.855. The molecule has 2 amide bonds. The van der Waals surface area contributed by atoms with Crippen molar-refractivity contribution in [1.29, 1.82) is 0 Å². The first-order valence-corrected chi connectivity index (χ1v) is 8.66. The molecule has 0 bridgehead atoms. The van der Waals surface area contributed by atoms with E-state index in [2.05, 4.69) is 21.2 Å². The summed E-state index contributed by atoms with van der Waals surface area (Å²) in [6, 6.07) is 12.7. The molecule has 7 heteroatoms. The molecule has 128 valence electrons. The first-order valence-electron chi connectivity index (χ1n) is 7.86. The van der Waals surface area contributed by atoms with Crippen LogP contribution in [-0.2, 0) is 9.59 Å². The SMILES string of the molecule is O=C(Nc1ccc2c(c1)OCO2)C1CC(=O)N(c2ccc(Br)cc2)C1. The van der Waals surface area contributed by atoms with Gasteiger partial charge in [-0.25, -0.2) is 0 Å². The first kappa shape index (κ1) is 16.0. The Kier molecular flexibility index (Phi) is 4.09. The van der Waals surface area contributed by atoms with E-state index in [1.165, 1.54) is 0 Å². The van der Waals surface area contributed by atoms with Crippen LogP contribution in [0.2, 0.25) is 0 Å². The van der Waals surface area contributed by atoms with Gasteiger partial charge in [0.05, 0.1) is 5.92 Å². The zero-order valence-corrected chi connectivity index (χ0v) is 14.8. The van der Waals surface area contributed by atoms with Crippen molar-refractivity contribution in [3.05, 3.63) is 46.9 Å². The summed E-state index contributed by atoms with van der Waals surface area (Å²) in [6.07, 6.45) is 0.201. The van der Waals surface area contributed by atoms with E-state index in [9.17, 15) is 9.59 Å². The Balaban J connectivity index is 1.44. The van der Waals surface area contributed by atoms with Crippen molar-refractivity contribution in [3.63, 3.8) is 0 Å². The fourth-order valence-corrected chi connectivity index (χ4v) is 3.24. The predicted molar refractivity (Wildman–Crippen MR) is 95.8 cm³/mol. The highest BCUT2D eigenvalue weighted by atomic mass is 79.9. The van der Waals surface area contributed by atoms with E-state index in [1.54, 1.807) is 23.1 Å². The second-order valence-corrected chi connectivity index (χ2v) is 6.85. The summed E-state index contributed by atoms with van der Waals surface area (Å²) in [6.45, 7) is 0.558. The Labute approximate surface area is 152 Å². The molecular weight excluding hydrogens is 388 g/mol. The Bertz CT molecular complexity index is 837. The maximum absolute atomic E-state index is 12.5. The third-order valence-corrected chi connectivity index (χ3v) is 4.80. The van der Waals surface area contributed by atoms with Gasteiger partial charge in [-0.1, -0.05) is 15.9 Å². The van der Waals surface area contributed by atoms with Gasteiger partial charge in [0.1, 0.15) is 0 Å². The molecule has 1 atom stereocenters. The van der Waals surface area contributed by atoms with Gasteiger partial charge in [0.15, 0.2) is 11.5 Å². The number of rotatable bonds is 3. The monoisotopic (exact) mass is 402 g/mol. The highest BCUT2D eigenvalue weighted by Crippen LogP contribution is 2.34. The average Bonchev–Trinajstić information content (AvgIpc) is 3.22. The summed E-state index contributed by atoms with van der Waals surface area (Å²) in [7, 11) is 0. The number of hydrogen-bond acceptors (Lipinski definition) is 4. The largest absolute Gasteiger partial charge is 0.454 e. The lowest BCUT2D eigenvalue weighted by Gasteiger charge is -2.17. The van der Waals surface area contributed by atoms with Crippen LogP contribution < -0.4 is 19.7 Å². The second-order valence-electron chi connectivity index (χ2n) is 5.94. The van der Waals surface area contributed by atoms with Crippen LogP contribution in [0.1, 0.15) is 6.42 Å². The number of hydrogen-bond donors (Lipinski definition) is 1. The third-order valence-electron chi connectivity index (χ3n) is 4.27. The zero-order chi connectivity index (χ0) is 17.4. The van der Waals surface area contributed by atoms with Gasteiger partial charge in [-0.05, 0) is 36.4 Å². The molecule has 2 aromatic carbocycles. The average molecular weight is 403 g/mol. The van der Waals surface area contributed by atoms with Crippen molar-refractivity contribution in [2.75, 3.05) is 23.6 Å². The number of halogens is 1. The van der Waals surface area contributed by atoms with Crippen LogP contribution in [-0.4, -0.2) is 25.2 Å². The number of carbonyl (C=O) groups excluding carboxylic acids is 2. The van der Waals surface area contributed by atoms with Crippen LogP contribution in [0.3, 0.4) is 0 Å². The zero-order valence-electron chi connectivity index (χ0n) is 13.2. The summed E-state index contributed by atoms with van der Waals surface area (Å²) in [5.74, 6) is 0.661. The number of fused-ring (bicyclic) bond motifs is 1. The normalized spacial score (nSPS) is 18.5. The lowest BCUT2D eigenvalue weighted by Crippen LogP contribution is -2.28. The van der Waals surface area contributed by atoms with Crippen molar-refractivity contribution >= 4 is 39.1 Å². The molecule has 2 aliphatic heterocycles. The van der Waals surface area contributed by atoms with Gasteiger partial charge in [-0.15, -0.1) is 0 Å². The van der Waals surface area contributed by atoms with E-state index in [4.69, 9.17) is 9.47 Å². The molecule has 25 heavy (non-hydrogen) atoms. The van der Waals surface area contributed by atoms with Crippen molar-refractivity contribution in [1.82, 2.24) is 0 Å². The van der Waals surface area contributed by atoms with Gasteiger partial charge in [-0.2, -0.15) is 0 Å². The number of nitrogens with one attached hydrogen (secondary N) is 1. The number of benzene rings is 2. The van der Waals surface area contributed by atoms with Gasteiger partial charge in [-0.3, -0.25) is 9.59 Å². The van der Waals surface area contributed by atoms with Crippen molar-refractivity contribution in [3.8, 4) is 11.5 Å². The maximum atomic E-state index is 12.5. The Hall–Kier alpha value is -2.54. The van der Waals surface area contributed by atoms with Crippen LogP contribution in [0.25, 0.3) is 0 Å². The highest BCUT2D eigenvalue weighted by Gasteiger charge is 2.35. The fourth-order valence-electron chi connectivity index (χ4n) is 2.97. The van der Waals surface area contributed by atoms with Gasteiger partial charge >= 0.3 is 0 Å². The lowest BCUT2D eigenvalue weighted by atomic mass is 10.1. The van der Waals surface area contributed by atoms with Crippen molar-refractivity contribution in [2.24, 2.45) is 5.92 Å². The standard InChI is InChI=1S/C18H15BrN2O4/c19-12-1-4-14(5-2-12)21-9-11(7-17(21)22)18(23)20-13-3-6-15-16(8-13)25-10-24-15/h1-6,8,11H,7,9-10H2,(H,20,23). The topological polar surface area (TPSA) is 67.9 Å². The third kappa shape index (κ3) is 3.19. The number of carbonyl (C=O) groups is 2. The van der Waals surface area contributed by atoms with E-state index >= 15 is 0 Å². The molecular formula is C18H15BrN2O4. The smallest absolute Gasteiger partial charge is 0.231 e. The molecule has 0 aliphatic carbocycles. The fraction of sp³-hybridized carbons (Fsp3) is 0.222. The van der Waals surface area contributed by atoms with Gasteiger partial charge < -0.3 is 19.7 Å². The number of ether oxygens (including phenoxy) is 2. The van der Waals surface area contributed by atoms with Crippen LogP contribution in [0.5, 0.6) is 11.5 Å². The van der Waals surface area contributed by atoms with E-state index in [-0.39, 0.29) is 30.9 Å². The number of nitrogens with zero attached hydrogens (tertiary/aromatic N) is 1. The van der Waals surface area contributed by atoms with Crippen LogP contribution in [0, 0.1) is 5.92 Å². The van der Waals surface area contributed by atoms with Gasteiger partial charge in [0, 0.05) is 34.9 Å². The lowest BCUT2D eigenvalue weighted by molar-refractivity contribution is -0.122. The molecule has 0 saturated carbocycles. The van der Waals surface area contributed by atoms with Crippen LogP contribution in [0.4, 0.5) is 11.4 Å². The molecule has 1 saturated heterocycles. The molecule has 1 unspecified atom stereocenters. The van der Waals surface area contributed by atoms with Gasteiger partial charge in [0.2, 0.25) is 18.6 Å². The minimum Gasteiger partial charge on any atom is -0.454 e. The molecule has 0 radical (unpaired) electrons. The van der Waals surface area contributed by atoms with E-state index < -0.39 is 0 Å². The van der Waals surface area contributed by atoms with Crippen molar-refractivity contribution in [2.45, 2.75) is 6.42 Å². The molecule has 1 N–H and O–H groups in total. The maximum Gasteiger partial charge on any atom is 0.231 e. The minimum atomic E-state index is -0.387. The molecule has 2 aromatic rings. The molecule has 2 aliphatic rings. The molecule has 0 spiro atoms. The summed E-state index contributed by atoms with van der Waals surface area (Å²) >= 11 is 3.38. The first-order chi connectivity index (χ1) is 12.1. The van der Waals surface area contributed by atoms with E-state index in [0.717, 1.165) is 10.2 Å². The Morgan fingerprint density at radius 1 is 1.12 bits per heavy atom. The molecule has 2 heterocycles. The van der Waals surface area contributed by atoms with Crippen LogP contribution >= 0.6 is 15.9 Å². The van der Waals surface area contributed by atoms with Gasteiger partial charge in [0.25, 0.3) is 0 Å². The predicted octanol–water partition coefficient (Wildman–Crippen LogP) is 3.17. The van der Waals surface area contributed by atoms with Crippen molar-refractivity contribution < 1.29 is 19.1 Å². The Morgan fingerprint density at radius 2 is 1.88 bits per heavy atom. The molecule has 6 nitrogen and oxygen atoms in total. The second kappa shape index (κ2) is 6.40. The minimum absolute atomic E-state index is 0.0480. The van der Waals surface area contributed by atoms with E-state index in [1.807, 2.05) is 24.3 Å². The summed E-state index contributed by atoms with van der Waals surface area (Å²) in [4.78, 5) is 26.4. The molecule has 0 aromatic heterocycles.